The second-order valence-electron chi connectivity index (χ2n) is 5.33. The number of benzene rings is 1. The summed E-state index contributed by atoms with van der Waals surface area (Å²) in [4.78, 5) is 14.2. The molecule has 0 saturated heterocycles. The fourth-order valence-corrected chi connectivity index (χ4v) is 1.97. The number of amides is 1. The summed E-state index contributed by atoms with van der Waals surface area (Å²) < 4.78 is 11.0. The Bertz CT molecular complexity index is 491. The summed E-state index contributed by atoms with van der Waals surface area (Å²) in [5, 5.41) is 6.07. The van der Waals surface area contributed by atoms with Gasteiger partial charge in [-0.15, -0.1) is 0 Å². The fourth-order valence-electron chi connectivity index (χ4n) is 1.97. The Morgan fingerprint density at radius 1 is 1.29 bits per heavy atom. The van der Waals surface area contributed by atoms with Crippen LogP contribution in [0.25, 0.3) is 0 Å². The van der Waals surface area contributed by atoms with E-state index in [4.69, 9.17) is 9.47 Å². The van der Waals surface area contributed by atoms with Crippen LogP contribution in [0.15, 0.2) is 18.2 Å². The van der Waals surface area contributed by atoms with Crippen molar-refractivity contribution in [3.63, 3.8) is 0 Å². The predicted octanol–water partition coefficient (Wildman–Crippen LogP) is 0.936. The van der Waals surface area contributed by atoms with E-state index in [9.17, 15) is 4.79 Å². The molecule has 0 saturated carbocycles. The standard InChI is InChI=1S/C15H23N3O3/c1-11(16-6-7-18(2)3)15(19)17-12-4-5-13-14(10-12)21-9-8-20-13/h4-5,10-11,16H,6-9H2,1-3H3,(H,17,19)/t11-/m1/s1. The number of nitrogens with one attached hydrogen (secondary N) is 2. The van der Waals surface area contributed by atoms with Gasteiger partial charge in [0.1, 0.15) is 13.2 Å². The van der Waals surface area contributed by atoms with Gasteiger partial charge in [-0.1, -0.05) is 0 Å². The summed E-state index contributed by atoms with van der Waals surface area (Å²) in [6.45, 7) is 4.60. The number of anilines is 1. The summed E-state index contributed by atoms with van der Waals surface area (Å²) >= 11 is 0. The highest BCUT2D eigenvalue weighted by Crippen LogP contribution is 2.32. The van der Waals surface area contributed by atoms with Gasteiger partial charge >= 0.3 is 0 Å². The molecule has 0 fully saturated rings. The lowest BCUT2D eigenvalue weighted by Gasteiger charge is -2.20. The van der Waals surface area contributed by atoms with Crippen molar-refractivity contribution in [3.8, 4) is 11.5 Å². The van der Waals surface area contributed by atoms with E-state index in [0.717, 1.165) is 18.8 Å². The molecule has 1 amide bonds. The molecule has 0 aromatic heterocycles. The van der Waals surface area contributed by atoms with Gasteiger partial charge in [-0.25, -0.2) is 0 Å². The first kappa shape index (κ1) is 15.6. The molecule has 1 aromatic rings. The molecule has 6 nitrogen and oxygen atoms in total. The number of carbonyl (C=O) groups excluding carboxylic acids is 1. The Kier molecular flexibility index (Phi) is 5.41. The first-order valence-corrected chi connectivity index (χ1v) is 7.15. The average molecular weight is 293 g/mol. The van der Waals surface area contributed by atoms with Gasteiger partial charge in [0.2, 0.25) is 5.91 Å². The molecule has 0 radical (unpaired) electrons. The van der Waals surface area contributed by atoms with Crippen LogP contribution in [0.5, 0.6) is 11.5 Å². The molecule has 2 rings (SSSR count). The molecule has 1 aliphatic rings. The monoisotopic (exact) mass is 293 g/mol. The van der Waals surface area contributed by atoms with Gasteiger partial charge in [-0.2, -0.15) is 0 Å². The summed E-state index contributed by atoms with van der Waals surface area (Å²) in [5.74, 6) is 1.33. The van der Waals surface area contributed by atoms with Crippen molar-refractivity contribution in [2.75, 3.05) is 45.7 Å². The third-order valence-corrected chi connectivity index (χ3v) is 3.21. The predicted molar refractivity (Wildman–Crippen MR) is 82.1 cm³/mol. The highest BCUT2D eigenvalue weighted by atomic mass is 16.6. The van der Waals surface area contributed by atoms with Gasteiger partial charge in [-0.3, -0.25) is 4.79 Å². The Morgan fingerprint density at radius 3 is 2.71 bits per heavy atom. The Hall–Kier alpha value is -1.79. The second-order valence-corrected chi connectivity index (χ2v) is 5.33. The van der Waals surface area contributed by atoms with E-state index in [1.54, 1.807) is 6.07 Å². The summed E-state index contributed by atoms with van der Waals surface area (Å²) in [5.41, 5.74) is 0.713. The molecule has 0 aliphatic carbocycles. The number of carbonyl (C=O) groups is 1. The smallest absolute Gasteiger partial charge is 0.241 e. The molecule has 0 spiro atoms. The van der Waals surface area contributed by atoms with Crippen LogP contribution in [0.1, 0.15) is 6.92 Å². The van der Waals surface area contributed by atoms with Crippen molar-refractivity contribution in [1.29, 1.82) is 0 Å². The molecular weight excluding hydrogens is 270 g/mol. The number of hydrogen-bond acceptors (Lipinski definition) is 5. The molecule has 21 heavy (non-hydrogen) atoms. The van der Waals surface area contributed by atoms with Crippen LogP contribution in [0.3, 0.4) is 0 Å². The lowest BCUT2D eigenvalue weighted by atomic mass is 10.2. The maximum atomic E-state index is 12.1. The van der Waals surface area contributed by atoms with Crippen molar-refractivity contribution in [2.45, 2.75) is 13.0 Å². The Labute approximate surface area is 125 Å². The van der Waals surface area contributed by atoms with Crippen molar-refractivity contribution in [3.05, 3.63) is 18.2 Å². The molecule has 0 bridgehead atoms. The first-order valence-electron chi connectivity index (χ1n) is 7.15. The minimum absolute atomic E-state index is 0.0644. The van der Waals surface area contributed by atoms with E-state index in [-0.39, 0.29) is 11.9 Å². The number of rotatable bonds is 6. The van der Waals surface area contributed by atoms with E-state index in [1.807, 2.05) is 33.2 Å². The summed E-state index contributed by atoms with van der Waals surface area (Å²) in [7, 11) is 4.00. The fraction of sp³-hybridized carbons (Fsp3) is 0.533. The number of hydrogen-bond donors (Lipinski definition) is 2. The lowest BCUT2D eigenvalue weighted by Crippen LogP contribution is -2.41. The number of fused-ring (bicyclic) bond motifs is 1. The van der Waals surface area contributed by atoms with Crippen LogP contribution in [0.4, 0.5) is 5.69 Å². The minimum atomic E-state index is -0.252. The number of ether oxygens (including phenoxy) is 2. The van der Waals surface area contributed by atoms with Crippen LogP contribution in [-0.4, -0.2) is 57.2 Å². The highest BCUT2D eigenvalue weighted by Gasteiger charge is 2.15. The van der Waals surface area contributed by atoms with Crippen molar-refractivity contribution in [1.82, 2.24) is 10.2 Å². The minimum Gasteiger partial charge on any atom is -0.486 e. The molecule has 116 valence electrons. The Balaban J connectivity index is 1.87. The first-order chi connectivity index (χ1) is 10.1. The maximum absolute atomic E-state index is 12.1. The Morgan fingerprint density at radius 2 is 2.00 bits per heavy atom. The SMILES string of the molecule is C[C@@H](NCCN(C)C)C(=O)Nc1ccc2c(c1)OCCO2. The zero-order chi connectivity index (χ0) is 15.2. The molecule has 0 unspecified atom stereocenters. The van der Waals surface area contributed by atoms with E-state index in [0.29, 0.717) is 24.7 Å². The van der Waals surface area contributed by atoms with Crippen molar-refractivity contribution in [2.24, 2.45) is 0 Å². The molecule has 1 aliphatic heterocycles. The van der Waals surface area contributed by atoms with Gasteiger partial charge in [0.15, 0.2) is 11.5 Å². The quantitative estimate of drug-likeness (QED) is 0.817. The average Bonchev–Trinajstić information content (AvgIpc) is 2.46. The van der Waals surface area contributed by atoms with E-state index >= 15 is 0 Å². The topological polar surface area (TPSA) is 62.8 Å². The number of likely N-dealkylation sites (N-methyl/N-ethyl adjacent to an activating group) is 1. The molecule has 2 N–H and O–H groups in total. The molecule has 1 atom stereocenters. The maximum Gasteiger partial charge on any atom is 0.241 e. The van der Waals surface area contributed by atoms with Gasteiger partial charge in [0.25, 0.3) is 0 Å². The molecule has 6 heteroatoms. The largest absolute Gasteiger partial charge is 0.486 e. The van der Waals surface area contributed by atoms with Crippen LogP contribution in [0, 0.1) is 0 Å². The lowest BCUT2D eigenvalue weighted by molar-refractivity contribution is -0.117. The van der Waals surface area contributed by atoms with Crippen LogP contribution in [0.2, 0.25) is 0 Å². The van der Waals surface area contributed by atoms with Gasteiger partial charge < -0.3 is 25.0 Å². The third-order valence-electron chi connectivity index (χ3n) is 3.21. The normalized spacial score (nSPS) is 14.9. The molecular formula is C15H23N3O3. The second kappa shape index (κ2) is 7.28. The molecule has 1 aromatic carbocycles. The highest BCUT2D eigenvalue weighted by molar-refractivity contribution is 5.94. The van der Waals surface area contributed by atoms with E-state index in [2.05, 4.69) is 15.5 Å². The molecule has 1 heterocycles. The van der Waals surface area contributed by atoms with Crippen molar-refractivity contribution >= 4 is 11.6 Å². The zero-order valence-corrected chi connectivity index (χ0v) is 12.8. The summed E-state index contributed by atoms with van der Waals surface area (Å²) in [6.07, 6.45) is 0. The van der Waals surface area contributed by atoms with Crippen LogP contribution < -0.4 is 20.1 Å². The third kappa shape index (κ3) is 4.61. The van der Waals surface area contributed by atoms with Crippen molar-refractivity contribution < 1.29 is 14.3 Å². The number of nitrogens with zero attached hydrogens (tertiary/aromatic N) is 1. The van der Waals surface area contributed by atoms with Gasteiger partial charge in [0, 0.05) is 24.8 Å². The van der Waals surface area contributed by atoms with E-state index < -0.39 is 0 Å². The zero-order valence-electron chi connectivity index (χ0n) is 12.8. The van der Waals surface area contributed by atoms with Gasteiger partial charge in [-0.05, 0) is 33.2 Å². The van der Waals surface area contributed by atoms with Gasteiger partial charge in [0.05, 0.1) is 6.04 Å². The van der Waals surface area contributed by atoms with E-state index in [1.165, 1.54) is 0 Å². The van der Waals surface area contributed by atoms with Crippen LogP contribution >= 0.6 is 0 Å². The van der Waals surface area contributed by atoms with Crippen LogP contribution in [-0.2, 0) is 4.79 Å². The summed E-state index contributed by atoms with van der Waals surface area (Å²) in [6, 6.07) is 5.17.